The van der Waals surface area contributed by atoms with Crippen LogP contribution < -0.4 is 21.9 Å². The molecule has 0 aliphatic rings. The van der Waals surface area contributed by atoms with Crippen LogP contribution in [0.4, 0.5) is 5.69 Å². The molecule has 174 valence electrons. The van der Waals surface area contributed by atoms with Crippen molar-refractivity contribution in [2.45, 2.75) is 26.1 Å². The molecule has 0 unspecified atom stereocenters. The standard InChI is InChI=1S/C24H21ClN4O5/c25-16-5-3-6-17(13-16)27-22(31)15-29-20-9-2-1-8-19(20)23(32)28(24(29)33)11-10-21(30)26-14-18-7-4-12-34-18/h1-9,12-13H,10-11,14-15H2,(H,26,30)(H,27,31). The van der Waals surface area contributed by atoms with Crippen LogP contribution in [0, 0.1) is 0 Å². The molecule has 4 rings (SSSR count). The van der Waals surface area contributed by atoms with Crippen molar-refractivity contribution in [3.8, 4) is 0 Å². The first-order valence-corrected chi connectivity index (χ1v) is 10.9. The summed E-state index contributed by atoms with van der Waals surface area (Å²) in [5.41, 5.74) is -0.386. The van der Waals surface area contributed by atoms with Crippen LogP contribution in [0.2, 0.25) is 5.02 Å². The van der Waals surface area contributed by atoms with Crippen LogP contribution >= 0.6 is 11.6 Å². The first-order valence-electron chi connectivity index (χ1n) is 10.5. The molecule has 9 nitrogen and oxygen atoms in total. The Labute approximate surface area is 198 Å². The number of nitrogens with zero attached hydrogens (tertiary/aromatic N) is 2. The average molecular weight is 481 g/mol. The Balaban J connectivity index is 1.56. The van der Waals surface area contributed by atoms with E-state index >= 15 is 0 Å². The molecule has 2 aromatic heterocycles. The minimum Gasteiger partial charge on any atom is -0.467 e. The van der Waals surface area contributed by atoms with Crippen molar-refractivity contribution in [3.63, 3.8) is 0 Å². The summed E-state index contributed by atoms with van der Waals surface area (Å²) in [5, 5.41) is 6.10. The summed E-state index contributed by atoms with van der Waals surface area (Å²) in [6, 6.07) is 16.6. The van der Waals surface area contributed by atoms with Gasteiger partial charge in [0.05, 0.1) is 23.7 Å². The molecule has 2 amide bonds. The molecular formula is C24H21ClN4O5. The number of halogens is 1. The van der Waals surface area contributed by atoms with Gasteiger partial charge in [-0.3, -0.25) is 23.5 Å². The van der Waals surface area contributed by atoms with Gasteiger partial charge >= 0.3 is 5.69 Å². The Morgan fingerprint density at radius 3 is 2.53 bits per heavy atom. The van der Waals surface area contributed by atoms with Gasteiger partial charge in [0, 0.05) is 23.7 Å². The summed E-state index contributed by atoms with van der Waals surface area (Å²) in [6.45, 7) is -0.258. The van der Waals surface area contributed by atoms with E-state index in [0.29, 0.717) is 22.0 Å². The Morgan fingerprint density at radius 2 is 1.76 bits per heavy atom. The van der Waals surface area contributed by atoms with Gasteiger partial charge in [-0.25, -0.2) is 4.79 Å². The van der Waals surface area contributed by atoms with E-state index in [-0.39, 0.29) is 37.3 Å². The number of anilines is 1. The number of aromatic nitrogens is 2. The van der Waals surface area contributed by atoms with Crippen molar-refractivity contribution >= 4 is 40.0 Å². The van der Waals surface area contributed by atoms with Crippen LogP contribution in [-0.4, -0.2) is 20.9 Å². The van der Waals surface area contributed by atoms with Crippen LogP contribution in [0.3, 0.4) is 0 Å². The molecule has 0 aliphatic carbocycles. The first kappa shape index (κ1) is 23.1. The number of nitrogens with one attached hydrogen (secondary N) is 2. The van der Waals surface area contributed by atoms with E-state index in [4.69, 9.17) is 16.0 Å². The SMILES string of the molecule is O=C(CCn1c(=O)c2ccccc2n(CC(=O)Nc2cccc(Cl)c2)c1=O)NCc1ccco1. The fourth-order valence-electron chi connectivity index (χ4n) is 3.53. The highest BCUT2D eigenvalue weighted by Crippen LogP contribution is 2.15. The lowest BCUT2D eigenvalue weighted by Gasteiger charge is -2.14. The molecule has 0 bridgehead atoms. The maximum Gasteiger partial charge on any atom is 0.331 e. The molecular weight excluding hydrogens is 460 g/mol. The minimum absolute atomic E-state index is 0.0943. The van der Waals surface area contributed by atoms with E-state index in [2.05, 4.69) is 10.6 Å². The van der Waals surface area contributed by atoms with Gasteiger partial charge in [-0.15, -0.1) is 0 Å². The molecule has 0 saturated carbocycles. The third-order valence-corrected chi connectivity index (χ3v) is 5.38. The summed E-state index contributed by atoms with van der Waals surface area (Å²) in [7, 11) is 0. The van der Waals surface area contributed by atoms with E-state index in [9.17, 15) is 19.2 Å². The number of carbonyl (C=O) groups is 2. The fraction of sp³-hybridized carbons (Fsp3) is 0.167. The van der Waals surface area contributed by atoms with Gasteiger partial charge in [0.15, 0.2) is 0 Å². The van der Waals surface area contributed by atoms with E-state index in [1.165, 1.54) is 10.8 Å². The van der Waals surface area contributed by atoms with Crippen molar-refractivity contribution in [1.82, 2.24) is 14.5 Å². The van der Waals surface area contributed by atoms with Gasteiger partial charge in [0.2, 0.25) is 11.8 Å². The summed E-state index contributed by atoms with van der Waals surface area (Å²) in [5.74, 6) is -0.221. The second-order valence-corrected chi connectivity index (χ2v) is 7.94. The summed E-state index contributed by atoms with van der Waals surface area (Å²) >= 11 is 5.96. The van der Waals surface area contributed by atoms with E-state index in [0.717, 1.165) is 4.57 Å². The number of rotatable bonds is 8. The second-order valence-electron chi connectivity index (χ2n) is 7.51. The molecule has 0 radical (unpaired) electrons. The molecule has 0 aliphatic heterocycles. The molecule has 4 aromatic rings. The van der Waals surface area contributed by atoms with E-state index in [1.54, 1.807) is 60.7 Å². The molecule has 2 heterocycles. The zero-order valence-corrected chi connectivity index (χ0v) is 18.7. The molecule has 0 atom stereocenters. The van der Waals surface area contributed by atoms with Gasteiger partial charge in [-0.1, -0.05) is 29.8 Å². The number of benzene rings is 2. The molecule has 0 saturated heterocycles. The third-order valence-electron chi connectivity index (χ3n) is 5.14. The largest absolute Gasteiger partial charge is 0.467 e. The lowest BCUT2D eigenvalue weighted by molar-refractivity contribution is -0.121. The van der Waals surface area contributed by atoms with Gasteiger partial charge in [0.1, 0.15) is 12.3 Å². The Bertz CT molecular complexity index is 1460. The highest BCUT2D eigenvalue weighted by molar-refractivity contribution is 6.30. The lowest BCUT2D eigenvalue weighted by atomic mass is 10.2. The molecule has 0 fully saturated rings. The van der Waals surface area contributed by atoms with Crippen molar-refractivity contribution in [3.05, 3.63) is 98.5 Å². The van der Waals surface area contributed by atoms with Crippen molar-refractivity contribution in [1.29, 1.82) is 0 Å². The van der Waals surface area contributed by atoms with Gasteiger partial charge in [-0.2, -0.15) is 0 Å². The fourth-order valence-corrected chi connectivity index (χ4v) is 3.72. The zero-order chi connectivity index (χ0) is 24.1. The topological polar surface area (TPSA) is 115 Å². The highest BCUT2D eigenvalue weighted by atomic mass is 35.5. The van der Waals surface area contributed by atoms with Crippen LogP contribution in [0.25, 0.3) is 10.9 Å². The molecule has 0 spiro atoms. The Kier molecular flexibility index (Phi) is 6.93. The summed E-state index contributed by atoms with van der Waals surface area (Å²) in [4.78, 5) is 51.1. The van der Waals surface area contributed by atoms with Crippen molar-refractivity contribution in [2.24, 2.45) is 0 Å². The number of amides is 2. The second kappa shape index (κ2) is 10.2. The van der Waals surface area contributed by atoms with Crippen LogP contribution in [-0.2, 0) is 29.2 Å². The highest BCUT2D eigenvalue weighted by Gasteiger charge is 2.16. The average Bonchev–Trinajstić information content (AvgIpc) is 3.34. The number of furan rings is 1. The van der Waals surface area contributed by atoms with E-state index < -0.39 is 17.2 Å². The monoisotopic (exact) mass is 480 g/mol. The van der Waals surface area contributed by atoms with E-state index in [1.807, 2.05) is 0 Å². The Morgan fingerprint density at radius 1 is 0.941 bits per heavy atom. The first-order chi connectivity index (χ1) is 16.4. The minimum atomic E-state index is -0.677. The number of carbonyl (C=O) groups excluding carboxylic acids is 2. The van der Waals surface area contributed by atoms with Crippen LogP contribution in [0.5, 0.6) is 0 Å². The summed E-state index contributed by atoms with van der Waals surface area (Å²) < 4.78 is 7.36. The Hall–Kier alpha value is -4.11. The number of hydrogen-bond acceptors (Lipinski definition) is 5. The number of para-hydroxylation sites is 1. The zero-order valence-electron chi connectivity index (χ0n) is 18.0. The maximum atomic E-state index is 13.2. The van der Waals surface area contributed by atoms with Crippen LogP contribution in [0.1, 0.15) is 12.2 Å². The third kappa shape index (κ3) is 5.26. The summed E-state index contributed by atoms with van der Waals surface area (Å²) in [6.07, 6.45) is 1.41. The van der Waals surface area contributed by atoms with Crippen molar-refractivity contribution < 1.29 is 14.0 Å². The van der Waals surface area contributed by atoms with Gasteiger partial charge < -0.3 is 15.1 Å². The number of hydrogen-bond donors (Lipinski definition) is 2. The van der Waals surface area contributed by atoms with Gasteiger partial charge in [-0.05, 0) is 42.5 Å². The molecule has 34 heavy (non-hydrogen) atoms. The number of fused-ring (bicyclic) bond motifs is 1. The van der Waals surface area contributed by atoms with Crippen molar-refractivity contribution in [2.75, 3.05) is 5.32 Å². The van der Waals surface area contributed by atoms with Crippen LogP contribution in [0.15, 0.2) is 80.9 Å². The maximum absolute atomic E-state index is 13.2. The molecule has 10 heteroatoms. The normalized spacial score (nSPS) is 10.9. The quantitative estimate of drug-likeness (QED) is 0.402. The molecule has 2 aromatic carbocycles. The molecule has 2 N–H and O–H groups in total. The van der Waals surface area contributed by atoms with Gasteiger partial charge in [0.25, 0.3) is 5.56 Å². The predicted molar refractivity (Wildman–Crippen MR) is 128 cm³/mol. The smallest absolute Gasteiger partial charge is 0.331 e. The lowest BCUT2D eigenvalue weighted by Crippen LogP contribution is -2.42. The predicted octanol–water partition coefficient (Wildman–Crippen LogP) is 2.75.